The maximum Gasteiger partial charge on any atom is 0.235 e. The quantitative estimate of drug-likeness (QED) is 0.166. The SMILES string of the molecule is CC1(C)c2cc3c4ccccc4c4ccccc4c3cc2-c2cc3c4cc5c6ccccc6c6ccccc6c5cc4n(-c4nc(-c5ccccc5)cc(-c5ccccc5)n4)c3cc21. The average molecular weight is 814 g/mol. The molecule has 0 saturated carbocycles. The molecule has 298 valence electrons. The van der Waals surface area contributed by atoms with Crippen LogP contribution >= 0.6 is 0 Å². The van der Waals surface area contributed by atoms with Crippen molar-refractivity contribution < 1.29 is 0 Å². The van der Waals surface area contributed by atoms with E-state index in [4.69, 9.17) is 9.97 Å². The monoisotopic (exact) mass is 813 g/mol. The van der Waals surface area contributed by atoms with Gasteiger partial charge in [0, 0.05) is 27.3 Å². The highest BCUT2D eigenvalue weighted by molar-refractivity contribution is 6.30. The van der Waals surface area contributed by atoms with Gasteiger partial charge in [-0.25, -0.2) is 9.97 Å². The number of fused-ring (bicyclic) bond motifs is 18. The second-order valence-corrected chi connectivity index (χ2v) is 18.1. The second-order valence-electron chi connectivity index (χ2n) is 18.1. The predicted molar refractivity (Wildman–Crippen MR) is 270 cm³/mol. The molecule has 0 atom stereocenters. The fraction of sp³-hybridized carbons (Fsp3) is 0.0492. The lowest BCUT2D eigenvalue weighted by Gasteiger charge is -2.22. The van der Waals surface area contributed by atoms with E-state index in [2.05, 4.69) is 219 Å². The Hall–Kier alpha value is -8.14. The van der Waals surface area contributed by atoms with Gasteiger partial charge in [-0.2, -0.15) is 0 Å². The predicted octanol–water partition coefficient (Wildman–Crippen LogP) is 16.1. The molecular weight excluding hydrogens is 775 g/mol. The average Bonchev–Trinajstić information content (AvgIpc) is 3.78. The molecule has 0 amide bonds. The Morgan fingerprint density at radius 2 is 0.656 bits per heavy atom. The van der Waals surface area contributed by atoms with Crippen LogP contribution in [0.2, 0.25) is 0 Å². The van der Waals surface area contributed by atoms with E-state index in [0.29, 0.717) is 5.95 Å². The zero-order chi connectivity index (χ0) is 42.3. The van der Waals surface area contributed by atoms with Gasteiger partial charge in [0.05, 0.1) is 22.4 Å². The van der Waals surface area contributed by atoms with Crippen LogP contribution in [0, 0.1) is 0 Å². The summed E-state index contributed by atoms with van der Waals surface area (Å²) in [6, 6.07) is 73.5. The third kappa shape index (κ3) is 4.87. The molecule has 0 fully saturated rings. The zero-order valence-electron chi connectivity index (χ0n) is 35.4. The highest BCUT2D eigenvalue weighted by atomic mass is 15.2. The van der Waals surface area contributed by atoms with Crippen molar-refractivity contribution in [2.45, 2.75) is 19.3 Å². The van der Waals surface area contributed by atoms with Crippen molar-refractivity contribution >= 4 is 86.4 Å². The lowest BCUT2D eigenvalue weighted by molar-refractivity contribution is 0.662. The van der Waals surface area contributed by atoms with Crippen LogP contribution in [0.5, 0.6) is 0 Å². The Morgan fingerprint density at radius 1 is 0.312 bits per heavy atom. The van der Waals surface area contributed by atoms with Gasteiger partial charge in [-0.05, 0) is 129 Å². The summed E-state index contributed by atoms with van der Waals surface area (Å²) >= 11 is 0. The van der Waals surface area contributed by atoms with Crippen LogP contribution in [0.3, 0.4) is 0 Å². The fourth-order valence-electron chi connectivity index (χ4n) is 11.3. The molecular formula is C61H39N3. The fourth-order valence-corrected chi connectivity index (χ4v) is 11.3. The Labute approximate surface area is 369 Å². The van der Waals surface area contributed by atoms with Gasteiger partial charge in [-0.3, -0.25) is 4.57 Å². The molecule has 11 aromatic carbocycles. The van der Waals surface area contributed by atoms with Crippen molar-refractivity contribution in [3.8, 4) is 39.6 Å². The van der Waals surface area contributed by atoms with E-state index in [0.717, 1.165) is 33.5 Å². The van der Waals surface area contributed by atoms with Crippen LogP contribution in [0.1, 0.15) is 25.0 Å². The second kappa shape index (κ2) is 12.9. The molecule has 2 aromatic heterocycles. The van der Waals surface area contributed by atoms with Crippen molar-refractivity contribution in [1.29, 1.82) is 0 Å². The van der Waals surface area contributed by atoms with Gasteiger partial charge in [0.25, 0.3) is 0 Å². The molecule has 0 bridgehead atoms. The normalized spacial score (nSPS) is 13.3. The molecule has 0 aliphatic heterocycles. The molecule has 1 aliphatic carbocycles. The standard InChI is InChI=1S/C61H39N3/c1-61(2)54-32-48-44-27-15-11-23-40(44)38-21-9-13-25-42(38)46(48)29-50(54)51-31-53-52-30-47-43-26-14-10-22-39(43)41-24-12-16-28-45(41)49(47)33-58(52)64(59(53)34-55(51)61)60-62-56(36-17-5-3-6-18-36)35-57(63-60)37-19-7-4-8-20-37/h3-35H,1-2H3. The molecule has 0 N–H and O–H groups in total. The van der Waals surface area contributed by atoms with Gasteiger partial charge in [0.1, 0.15) is 0 Å². The van der Waals surface area contributed by atoms with Crippen LogP contribution in [-0.2, 0) is 5.41 Å². The van der Waals surface area contributed by atoms with Gasteiger partial charge in [0.15, 0.2) is 0 Å². The van der Waals surface area contributed by atoms with Crippen molar-refractivity contribution in [2.75, 3.05) is 0 Å². The Morgan fingerprint density at radius 3 is 1.14 bits per heavy atom. The van der Waals surface area contributed by atoms with Crippen LogP contribution in [0.4, 0.5) is 0 Å². The summed E-state index contributed by atoms with van der Waals surface area (Å²) in [6.45, 7) is 4.80. The van der Waals surface area contributed by atoms with Crippen LogP contribution in [0.25, 0.3) is 126 Å². The maximum absolute atomic E-state index is 5.48. The largest absolute Gasteiger partial charge is 0.278 e. The topological polar surface area (TPSA) is 30.7 Å². The molecule has 0 spiro atoms. The third-order valence-electron chi connectivity index (χ3n) is 14.3. The number of nitrogens with zero attached hydrogens (tertiary/aromatic N) is 3. The lowest BCUT2D eigenvalue weighted by Crippen LogP contribution is -2.15. The van der Waals surface area contributed by atoms with Gasteiger partial charge in [-0.15, -0.1) is 0 Å². The Balaban J connectivity index is 1.13. The van der Waals surface area contributed by atoms with Crippen molar-refractivity contribution in [2.24, 2.45) is 0 Å². The van der Waals surface area contributed by atoms with Crippen molar-refractivity contribution in [3.63, 3.8) is 0 Å². The molecule has 0 radical (unpaired) electrons. The first-order chi connectivity index (χ1) is 31.5. The van der Waals surface area contributed by atoms with Crippen LogP contribution in [0.15, 0.2) is 200 Å². The van der Waals surface area contributed by atoms with Crippen molar-refractivity contribution in [3.05, 3.63) is 211 Å². The molecule has 3 nitrogen and oxygen atoms in total. The van der Waals surface area contributed by atoms with Crippen LogP contribution < -0.4 is 0 Å². The summed E-state index contributed by atoms with van der Waals surface area (Å²) in [6.07, 6.45) is 0. The molecule has 14 rings (SSSR count). The number of benzene rings is 11. The summed E-state index contributed by atoms with van der Waals surface area (Å²) in [5, 5.41) is 17.6. The lowest BCUT2D eigenvalue weighted by atomic mass is 9.81. The summed E-state index contributed by atoms with van der Waals surface area (Å²) in [4.78, 5) is 11.0. The number of hydrogen-bond donors (Lipinski definition) is 0. The molecule has 3 heteroatoms. The van der Waals surface area contributed by atoms with E-state index in [1.165, 1.54) is 97.7 Å². The molecule has 2 heterocycles. The summed E-state index contributed by atoms with van der Waals surface area (Å²) in [7, 11) is 0. The highest BCUT2D eigenvalue weighted by Crippen LogP contribution is 2.54. The summed E-state index contributed by atoms with van der Waals surface area (Å²) in [5.41, 5.74) is 11.1. The Kier molecular flexibility index (Phi) is 7.17. The first kappa shape index (κ1) is 35.5. The summed E-state index contributed by atoms with van der Waals surface area (Å²) in [5.74, 6) is 0.654. The minimum atomic E-state index is -0.278. The smallest absolute Gasteiger partial charge is 0.235 e. The molecule has 1 aliphatic rings. The summed E-state index contributed by atoms with van der Waals surface area (Å²) < 4.78 is 2.35. The molecule has 13 aromatic rings. The van der Waals surface area contributed by atoms with Crippen molar-refractivity contribution in [1.82, 2.24) is 14.5 Å². The number of aromatic nitrogens is 3. The van der Waals surface area contributed by atoms with E-state index in [9.17, 15) is 0 Å². The number of hydrogen-bond acceptors (Lipinski definition) is 2. The van der Waals surface area contributed by atoms with Gasteiger partial charge < -0.3 is 0 Å². The zero-order valence-corrected chi connectivity index (χ0v) is 35.4. The maximum atomic E-state index is 5.48. The first-order valence-corrected chi connectivity index (χ1v) is 22.2. The number of rotatable bonds is 3. The van der Waals surface area contributed by atoms with Gasteiger partial charge in [-0.1, -0.05) is 172 Å². The van der Waals surface area contributed by atoms with Gasteiger partial charge in [0.2, 0.25) is 5.95 Å². The van der Waals surface area contributed by atoms with Crippen LogP contribution in [-0.4, -0.2) is 14.5 Å². The van der Waals surface area contributed by atoms with E-state index < -0.39 is 0 Å². The van der Waals surface area contributed by atoms with E-state index in [-0.39, 0.29) is 5.41 Å². The molecule has 64 heavy (non-hydrogen) atoms. The van der Waals surface area contributed by atoms with E-state index in [1.54, 1.807) is 0 Å². The minimum absolute atomic E-state index is 0.278. The molecule has 0 saturated heterocycles. The van der Waals surface area contributed by atoms with E-state index in [1.807, 2.05) is 0 Å². The first-order valence-electron chi connectivity index (χ1n) is 22.2. The third-order valence-corrected chi connectivity index (χ3v) is 14.3. The molecule has 0 unspecified atom stereocenters. The minimum Gasteiger partial charge on any atom is -0.278 e. The highest BCUT2D eigenvalue weighted by Gasteiger charge is 2.37. The Bertz CT molecular complexity index is 4080. The van der Waals surface area contributed by atoms with E-state index >= 15 is 0 Å². The van der Waals surface area contributed by atoms with Gasteiger partial charge >= 0.3 is 0 Å².